The summed E-state index contributed by atoms with van der Waals surface area (Å²) >= 11 is 5.93. The molecule has 0 N–H and O–H groups in total. The second-order valence-electron chi connectivity index (χ2n) is 5.01. The van der Waals surface area contributed by atoms with E-state index in [0.29, 0.717) is 5.95 Å². The molecule has 0 saturated carbocycles. The summed E-state index contributed by atoms with van der Waals surface area (Å²) in [6, 6.07) is 10.5. The van der Waals surface area contributed by atoms with Gasteiger partial charge in [-0.15, -0.1) is 0 Å². The Morgan fingerprint density at radius 3 is 2.52 bits per heavy atom. The van der Waals surface area contributed by atoms with Gasteiger partial charge in [0.25, 0.3) is 0 Å². The lowest BCUT2D eigenvalue weighted by Gasteiger charge is -2.18. The zero-order chi connectivity index (χ0) is 15.2. The fourth-order valence-electron chi connectivity index (χ4n) is 1.80. The van der Waals surface area contributed by atoms with E-state index in [1.165, 1.54) is 5.56 Å². The van der Waals surface area contributed by atoms with Crippen LogP contribution in [0.2, 0.25) is 5.28 Å². The topological polar surface area (TPSA) is 51.1 Å². The highest BCUT2D eigenvalue weighted by Gasteiger charge is 2.11. The van der Waals surface area contributed by atoms with E-state index in [2.05, 4.69) is 27.1 Å². The van der Waals surface area contributed by atoms with Gasteiger partial charge < -0.3 is 9.64 Å². The van der Waals surface area contributed by atoms with Crippen LogP contribution in [0.5, 0.6) is 6.01 Å². The van der Waals surface area contributed by atoms with Gasteiger partial charge >= 0.3 is 6.01 Å². The van der Waals surface area contributed by atoms with Gasteiger partial charge in [-0.05, 0) is 37.4 Å². The standard InChI is InChI=1S/C15H19ClN4O/c1-11(2)21-15-18-13(16)17-14(19-15)20(3)10-9-12-7-5-4-6-8-12/h4-8,11H,9-10H2,1-3H3. The van der Waals surface area contributed by atoms with E-state index < -0.39 is 0 Å². The van der Waals surface area contributed by atoms with Crippen molar-refractivity contribution < 1.29 is 4.74 Å². The van der Waals surface area contributed by atoms with Gasteiger partial charge in [0.1, 0.15) is 0 Å². The lowest BCUT2D eigenvalue weighted by atomic mass is 10.1. The first kappa shape index (κ1) is 15.5. The van der Waals surface area contributed by atoms with Crippen LogP contribution in [0.3, 0.4) is 0 Å². The number of hydrogen-bond acceptors (Lipinski definition) is 5. The molecule has 21 heavy (non-hydrogen) atoms. The van der Waals surface area contributed by atoms with Crippen LogP contribution in [0, 0.1) is 0 Å². The molecule has 1 aromatic carbocycles. The lowest BCUT2D eigenvalue weighted by Crippen LogP contribution is -2.23. The molecule has 0 radical (unpaired) electrons. The molecule has 0 amide bonds. The largest absolute Gasteiger partial charge is 0.461 e. The zero-order valence-corrected chi connectivity index (χ0v) is 13.2. The van der Waals surface area contributed by atoms with Gasteiger partial charge in [0, 0.05) is 13.6 Å². The summed E-state index contributed by atoms with van der Waals surface area (Å²) in [6.07, 6.45) is 0.895. The molecule has 0 spiro atoms. The van der Waals surface area contributed by atoms with Crippen LogP contribution in [0.1, 0.15) is 19.4 Å². The van der Waals surface area contributed by atoms with Crippen molar-refractivity contribution in [1.29, 1.82) is 0 Å². The lowest BCUT2D eigenvalue weighted by molar-refractivity contribution is 0.221. The van der Waals surface area contributed by atoms with Crippen molar-refractivity contribution in [3.63, 3.8) is 0 Å². The highest BCUT2D eigenvalue weighted by Crippen LogP contribution is 2.15. The molecule has 0 atom stereocenters. The molecule has 5 nitrogen and oxygen atoms in total. The molecule has 0 unspecified atom stereocenters. The van der Waals surface area contributed by atoms with Crippen molar-refractivity contribution in [2.45, 2.75) is 26.4 Å². The Morgan fingerprint density at radius 1 is 1.14 bits per heavy atom. The Morgan fingerprint density at radius 2 is 1.86 bits per heavy atom. The first-order valence-corrected chi connectivity index (χ1v) is 7.25. The molecule has 0 saturated heterocycles. The van der Waals surface area contributed by atoms with Crippen LogP contribution in [0.4, 0.5) is 5.95 Å². The van der Waals surface area contributed by atoms with Crippen molar-refractivity contribution in [1.82, 2.24) is 15.0 Å². The molecule has 2 rings (SSSR count). The minimum Gasteiger partial charge on any atom is -0.461 e. The number of hydrogen-bond donors (Lipinski definition) is 0. The zero-order valence-electron chi connectivity index (χ0n) is 12.5. The van der Waals surface area contributed by atoms with Crippen LogP contribution in [0.15, 0.2) is 30.3 Å². The monoisotopic (exact) mass is 306 g/mol. The first-order chi connectivity index (χ1) is 10.0. The molecule has 0 aliphatic heterocycles. The predicted molar refractivity (Wildman–Crippen MR) is 84.0 cm³/mol. The summed E-state index contributed by atoms with van der Waals surface area (Å²) in [5, 5.41) is 0.141. The maximum atomic E-state index is 5.93. The SMILES string of the molecule is CC(C)Oc1nc(Cl)nc(N(C)CCc2ccccc2)n1. The summed E-state index contributed by atoms with van der Waals surface area (Å²) in [4.78, 5) is 14.3. The number of benzene rings is 1. The minimum atomic E-state index is -0.00839. The van der Waals surface area contributed by atoms with E-state index in [0.717, 1.165) is 13.0 Å². The molecule has 0 bridgehead atoms. The molecule has 1 aromatic heterocycles. The van der Waals surface area contributed by atoms with E-state index in [1.54, 1.807) is 0 Å². The second-order valence-corrected chi connectivity index (χ2v) is 5.35. The van der Waals surface area contributed by atoms with E-state index in [1.807, 2.05) is 44.0 Å². The van der Waals surface area contributed by atoms with Crippen LogP contribution in [-0.4, -0.2) is 34.6 Å². The Bertz CT molecular complexity index is 577. The molecule has 0 fully saturated rings. The van der Waals surface area contributed by atoms with Gasteiger partial charge in [0.2, 0.25) is 11.2 Å². The van der Waals surface area contributed by atoms with Gasteiger partial charge in [-0.3, -0.25) is 0 Å². The van der Waals surface area contributed by atoms with E-state index in [4.69, 9.17) is 16.3 Å². The molecule has 0 aliphatic carbocycles. The summed E-state index contributed by atoms with van der Waals surface area (Å²) in [5.74, 6) is 0.515. The number of nitrogens with zero attached hydrogens (tertiary/aromatic N) is 4. The first-order valence-electron chi connectivity index (χ1n) is 6.88. The number of halogens is 1. The number of ether oxygens (including phenoxy) is 1. The van der Waals surface area contributed by atoms with Gasteiger partial charge in [-0.25, -0.2) is 0 Å². The Hall–Kier alpha value is -1.88. The van der Waals surface area contributed by atoms with Gasteiger partial charge in [0.15, 0.2) is 0 Å². The molecular weight excluding hydrogens is 288 g/mol. The molecule has 2 aromatic rings. The number of aromatic nitrogens is 3. The van der Waals surface area contributed by atoms with Crippen molar-refractivity contribution in [2.24, 2.45) is 0 Å². The molecule has 0 aliphatic rings. The third-order valence-electron chi connectivity index (χ3n) is 2.84. The Balaban J connectivity index is 2.04. The van der Waals surface area contributed by atoms with Crippen molar-refractivity contribution in [3.8, 4) is 6.01 Å². The Kier molecular flexibility index (Phi) is 5.33. The van der Waals surface area contributed by atoms with Crippen molar-refractivity contribution >= 4 is 17.5 Å². The second kappa shape index (κ2) is 7.22. The molecule has 112 valence electrons. The van der Waals surface area contributed by atoms with Gasteiger partial charge in [0.05, 0.1) is 6.10 Å². The average Bonchev–Trinajstić information content (AvgIpc) is 2.44. The van der Waals surface area contributed by atoms with E-state index >= 15 is 0 Å². The highest BCUT2D eigenvalue weighted by atomic mass is 35.5. The summed E-state index contributed by atoms with van der Waals surface area (Å²) in [5.41, 5.74) is 1.27. The highest BCUT2D eigenvalue weighted by molar-refractivity contribution is 6.28. The number of likely N-dealkylation sites (N-methyl/N-ethyl adjacent to an activating group) is 1. The van der Waals surface area contributed by atoms with Crippen LogP contribution in [0.25, 0.3) is 0 Å². The van der Waals surface area contributed by atoms with Crippen molar-refractivity contribution in [3.05, 3.63) is 41.2 Å². The smallest absolute Gasteiger partial charge is 0.322 e. The quantitative estimate of drug-likeness (QED) is 0.821. The molecule has 1 heterocycles. The normalized spacial score (nSPS) is 10.7. The van der Waals surface area contributed by atoms with Gasteiger partial charge in [-0.1, -0.05) is 30.3 Å². The predicted octanol–water partition coefficient (Wildman–Crippen LogP) is 2.99. The third kappa shape index (κ3) is 4.86. The van der Waals surface area contributed by atoms with E-state index in [9.17, 15) is 0 Å². The molecular formula is C15H19ClN4O. The number of rotatable bonds is 6. The Labute approximate surface area is 130 Å². The van der Waals surface area contributed by atoms with Gasteiger partial charge in [-0.2, -0.15) is 15.0 Å². The minimum absolute atomic E-state index is 0.00839. The maximum absolute atomic E-state index is 5.93. The van der Waals surface area contributed by atoms with E-state index in [-0.39, 0.29) is 17.4 Å². The fourth-order valence-corrected chi connectivity index (χ4v) is 1.95. The summed E-state index contributed by atoms with van der Waals surface area (Å²) in [7, 11) is 1.92. The van der Waals surface area contributed by atoms with Crippen LogP contribution >= 0.6 is 11.6 Å². The fraction of sp³-hybridized carbons (Fsp3) is 0.400. The van der Waals surface area contributed by atoms with Crippen LogP contribution < -0.4 is 9.64 Å². The average molecular weight is 307 g/mol. The van der Waals surface area contributed by atoms with Crippen molar-refractivity contribution in [2.75, 3.05) is 18.5 Å². The van der Waals surface area contributed by atoms with Crippen LogP contribution in [-0.2, 0) is 6.42 Å². The maximum Gasteiger partial charge on any atom is 0.322 e. The third-order valence-corrected chi connectivity index (χ3v) is 3.01. The number of anilines is 1. The summed E-state index contributed by atoms with van der Waals surface area (Å²) in [6.45, 7) is 4.61. The molecule has 6 heteroatoms. The summed E-state index contributed by atoms with van der Waals surface area (Å²) < 4.78 is 5.48.